The molecule has 0 aliphatic heterocycles. The summed E-state index contributed by atoms with van der Waals surface area (Å²) in [5.41, 5.74) is -0.239. The van der Waals surface area contributed by atoms with Gasteiger partial charge in [0.05, 0.1) is 5.75 Å². The Morgan fingerprint density at radius 2 is 2.27 bits per heavy atom. The molecular formula is C7H11N3O3S2. The highest BCUT2D eigenvalue weighted by atomic mass is 32.2. The van der Waals surface area contributed by atoms with Crippen molar-refractivity contribution >= 4 is 21.8 Å². The van der Waals surface area contributed by atoms with Crippen molar-refractivity contribution in [3.8, 4) is 0 Å². The maximum atomic E-state index is 11.4. The summed E-state index contributed by atoms with van der Waals surface area (Å²) in [6.45, 7) is 0. The molecule has 0 aliphatic rings. The predicted octanol–water partition coefficient (Wildman–Crippen LogP) is -0.839. The van der Waals surface area contributed by atoms with Gasteiger partial charge in [0.2, 0.25) is 10.0 Å². The van der Waals surface area contributed by atoms with E-state index in [0.29, 0.717) is 0 Å². The van der Waals surface area contributed by atoms with Crippen molar-refractivity contribution in [2.75, 3.05) is 11.5 Å². The summed E-state index contributed by atoms with van der Waals surface area (Å²) in [5.74, 6) is 0.0580. The third-order valence-electron chi connectivity index (χ3n) is 1.59. The fraction of sp³-hybridized carbons (Fsp3) is 0.429. The van der Waals surface area contributed by atoms with E-state index in [4.69, 9.17) is 5.14 Å². The average Bonchev–Trinajstić information content (AvgIpc) is 2.10. The normalized spacial score (nSPS) is 11.6. The van der Waals surface area contributed by atoms with E-state index in [1.807, 2.05) is 0 Å². The zero-order valence-corrected chi connectivity index (χ0v) is 9.71. The average molecular weight is 249 g/mol. The molecule has 0 spiro atoms. The lowest BCUT2D eigenvalue weighted by Crippen LogP contribution is -2.21. The van der Waals surface area contributed by atoms with Crippen LogP contribution >= 0.6 is 11.8 Å². The quantitative estimate of drug-likeness (QED) is 0.702. The van der Waals surface area contributed by atoms with Crippen molar-refractivity contribution in [1.82, 2.24) is 9.55 Å². The maximum absolute atomic E-state index is 11.4. The van der Waals surface area contributed by atoms with Crippen LogP contribution in [-0.4, -0.2) is 29.5 Å². The van der Waals surface area contributed by atoms with Crippen LogP contribution in [0, 0.1) is 0 Å². The van der Waals surface area contributed by atoms with Crippen LogP contribution in [0.25, 0.3) is 0 Å². The summed E-state index contributed by atoms with van der Waals surface area (Å²) < 4.78 is 22.6. The van der Waals surface area contributed by atoms with Crippen LogP contribution in [0.3, 0.4) is 0 Å². The number of primary sulfonamides is 1. The van der Waals surface area contributed by atoms with E-state index in [1.165, 1.54) is 17.0 Å². The van der Waals surface area contributed by atoms with Gasteiger partial charge in [-0.2, -0.15) is 0 Å². The first-order chi connectivity index (χ1) is 6.90. The second-order valence-corrected chi connectivity index (χ2v) is 5.68. The number of rotatable bonds is 4. The molecule has 0 amide bonds. The number of hydrogen-bond acceptors (Lipinski definition) is 5. The van der Waals surface area contributed by atoms with Crippen LogP contribution in [0.1, 0.15) is 0 Å². The fourth-order valence-electron chi connectivity index (χ4n) is 0.828. The van der Waals surface area contributed by atoms with E-state index < -0.39 is 10.0 Å². The van der Waals surface area contributed by atoms with E-state index in [1.54, 1.807) is 7.05 Å². The molecule has 0 atom stereocenters. The summed E-state index contributed by atoms with van der Waals surface area (Å²) in [7, 11) is -1.87. The van der Waals surface area contributed by atoms with Crippen molar-refractivity contribution in [1.29, 1.82) is 0 Å². The lowest BCUT2D eigenvalue weighted by atomic mass is 10.7. The first-order valence-corrected chi connectivity index (χ1v) is 6.75. The van der Waals surface area contributed by atoms with Crippen LogP contribution in [-0.2, 0) is 17.1 Å². The second kappa shape index (κ2) is 4.77. The van der Waals surface area contributed by atoms with Gasteiger partial charge >= 0.3 is 0 Å². The van der Waals surface area contributed by atoms with E-state index in [2.05, 4.69) is 4.98 Å². The molecule has 0 fully saturated rings. The van der Waals surface area contributed by atoms with Crippen LogP contribution < -0.4 is 10.7 Å². The van der Waals surface area contributed by atoms with Crippen molar-refractivity contribution < 1.29 is 8.42 Å². The summed E-state index contributed by atoms with van der Waals surface area (Å²) in [6, 6.07) is 0. The molecule has 0 bridgehead atoms. The highest BCUT2D eigenvalue weighted by Gasteiger charge is 2.06. The molecule has 0 aromatic carbocycles. The van der Waals surface area contributed by atoms with E-state index >= 15 is 0 Å². The van der Waals surface area contributed by atoms with Gasteiger partial charge < -0.3 is 4.57 Å². The second-order valence-electron chi connectivity index (χ2n) is 2.86. The Morgan fingerprint density at radius 1 is 1.60 bits per heavy atom. The summed E-state index contributed by atoms with van der Waals surface area (Å²) in [4.78, 5) is 15.3. The lowest BCUT2D eigenvalue weighted by Gasteiger charge is -2.01. The van der Waals surface area contributed by atoms with Gasteiger partial charge in [0.15, 0.2) is 5.03 Å². The Hall–Kier alpha value is -0.860. The molecule has 1 aromatic heterocycles. The van der Waals surface area contributed by atoms with E-state index in [-0.39, 0.29) is 22.1 Å². The lowest BCUT2D eigenvalue weighted by molar-refractivity contribution is 0.599. The van der Waals surface area contributed by atoms with Gasteiger partial charge in [-0.1, -0.05) is 11.8 Å². The van der Waals surface area contributed by atoms with Crippen LogP contribution in [0.4, 0.5) is 0 Å². The molecule has 0 saturated carbocycles. The summed E-state index contributed by atoms with van der Waals surface area (Å²) in [6.07, 6.45) is 3.02. The Morgan fingerprint density at radius 3 is 2.87 bits per heavy atom. The number of hydrogen-bond donors (Lipinski definition) is 1. The zero-order chi connectivity index (χ0) is 11.5. The molecule has 1 rings (SSSR count). The van der Waals surface area contributed by atoms with Crippen LogP contribution in [0.5, 0.6) is 0 Å². The first kappa shape index (κ1) is 12.2. The van der Waals surface area contributed by atoms with Gasteiger partial charge in [-0.15, -0.1) is 0 Å². The van der Waals surface area contributed by atoms with Gasteiger partial charge in [0, 0.05) is 25.2 Å². The van der Waals surface area contributed by atoms with Gasteiger partial charge in [0.25, 0.3) is 5.56 Å². The number of aromatic nitrogens is 2. The van der Waals surface area contributed by atoms with Crippen LogP contribution in [0.15, 0.2) is 22.2 Å². The smallest absolute Gasteiger partial charge is 0.282 e. The third-order valence-corrected chi connectivity index (χ3v) is 3.59. The van der Waals surface area contributed by atoms with Gasteiger partial charge in [-0.25, -0.2) is 18.5 Å². The number of nitrogens with two attached hydrogens (primary N) is 1. The van der Waals surface area contributed by atoms with E-state index in [0.717, 1.165) is 11.8 Å². The largest absolute Gasteiger partial charge is 0.315 e. The van der Waals surface area contributed by atoms with Crippen molar-refractivity contribution in [3.05, 3.63) is 22.7 Å². The standard InChI is InChI=1S/C7H11N3O3S2/c1-10-3-2-9-6(7(10)11)14-4-5-15(8,12)13/h2-3H,4-5H2,1H3,(H2,8,12,13). The van der Waals surface area contributed by atoms with Crippen molar-refractivity contribution in [3.63, 3.8) is 0 Å². The third kappa shape index (κ3) is 4.02. The molecule has 1 heterocycles. The number of nitrogens with zero attached hydrogens (tertiary/aromatic N) is 2. The highest BCUT2D eigenvalue weighted by Crippen LogP contribution is 2.09. The zero-order valence-electron chi connectivity index (χ0n) is 8.08. The van der Waals surface area contributed by atoms with Gasteiger partial charge in [-0.3, -0.25) is 4.79 Å². The molecule has 84 valence electrons. The molecule has 0 aliphatic carbocycles. The Kier molecular flexibility index (Phi) is 3.89. The Labute approximate surface area is 91.6 Å². The van der Waals surface area contributed by atoms with Crippen molar-refractivity contribution in [2.45, 2.75) is 5.03 Å². The highest BCUT2D eigenvalue weighted by molar-refractivity contribution is 8.00. The monoisotopic (exact) mass is 249 g/mol. The summed E-state index contributed by atoms with van der Waals surface area (Å²) in [5, 5.41) is 5.10. The van der Waals surface area contributed by atoms with E-state index in [9.17, 15) is 13.2 Å². The molecule has 0 radical (unpaired) electrons. The minimum atomic E-state index is -3.47. The number of thioether (sulfide) groups is 1. The number of aryl methyl sites for hydroxylation is 1. The summed E-state index contributed by atoms with van der Waals surface area (Å²) >= 11 is 1.08. The molecule has 0 saturated heterocycles. The molecule has 8 heteroatoms. The Balaban J connectivity index is 2.67. The number of sulfonamides is 1. The predicted molar refractivity (Wildman–Crippen MR) is 58.2 cm³/mol. The minimum Gasteiger partial charge on any atom is -0.315 e. The maximum Gasteiger partial charge on any atom is 0.282 e. The first-order valence-electron chi connectivity index (χ1n) is 4.05. The minimum absolute atomic E-state index is 0.169. The molecule has 6 nitrogen and oxygen atoms in total. The Bertz CT molecular complexity index is 494. The molecule has 15 heavy (non-hydrogen) atoms. The topological polar surface area (TPSA) is 95.1 Å². The fourth-order valence-corrected chi connectivity index (χ4v) is 2.69. The van der Waals surface area contributed by atoms with Gasteiger partial charge in [-0.05, 0) is 0 Å². The molecule has 0 unspecified atom stereocenters. The molecular weight excluding hydrogens is 238 g/mol. The van der Waals surface area contributed by atoms with Crippen LogP contribution in [0.2, 0.25) is 0 Å². The SMILES string of the molecule is Cn1ccnc(SCCS(N)(=O)=O)c1=O. The van der Waals surface area contributed by atoms with Crippen molar-refractivity contribution in [2.24, 2.45) is 12.2 Å². The molecule has 2 N–H and O–H groups in total. The molecule has 1 aromatic rings. The van der Waals surface area contributed by atoms with Gasteiger partial charge in [0.1, 0.15) is 0 Å².